The Labute approximate surface area is 144 Å². The summed E-state index contributed by atoms with van der Waals surface area (Å²) in [7, 11) is 1.96. The molecule has 136 valence electrons. The number of hydrogen-bond acceptors (Lipinski definition) is 5. The summed E-state index contributed by atoms with van der Waals surface area (Å²) >= 11 is 0. The molecule has 7 heteroatoms. The van der Waals surface area contributed by atoms with Crippen molar-refractivity contribution in [2.24, 2.45) is 7.05 Å². The second-order valence-corrected chi connectivity index (χ2v) is 7.77. The monoisotopic (exact) mass is 338 g/mol. The smallest absolute Gasteiger partial charge is 0.412 e. The minimum atomic E-state index is -0.697. The fourth-order valence-electron chi connectivity index (χ4n) is 3.02. The van der Waals surface area contributed by atoms with Gasteiger partial charge in [-0.3, -0.25) is 4.90 Å². The lowest BCUT2D eigenvalue weighted by Gasteiger charge is -2.35. The van der Waals surface area contributed by atoms with Crippen molar-refractivity contribution >= 4 is 6.09 Å². The number of hydrogen-bond donors (Lipinski definition) is 1. The Morgan fingerprint density at radius 3 is 2.67 bits per heavy atom. The molecule has 0 aromatic carbocycles. The van der Waals surface area contributed by atoms with Crippen molar-refractivity contribution in [1.82, 2.24) is 19.8 Å². The highest BCUT2D eigenvalue weighted by Crippen LogP contribution is 2.33. The lowest BCUT2D eigenvalue weighted by atomic mass is 10.1. The molecule has 1 aromatic rings. The highest BCUT2D eigenvalue weighted by atomic mass is 16.6. The topological polar surface area (TPSA) is 68.6 Å². The third-order valence-corrected chi connectivity index (χ3v) is 4.08. The number of nitrogens with one attached hydrogen (secondary N) is 1. The summed E-state index contributed by atoms with van der Waals surface area (Å²) < 4.78 is 13.5. The van der Waals surface area contributed by atoms with Crippen LogP contribution in [0.4, 0.5) is 4.79 Å². The molecule has 1 N–H and O–H groups in total. The van der Waals surface area contributed by atoms with Crippen LogP contribution in [0, 0.1) is 0 Å². The number of ether oxygens (including phenoxy) is 2. The van der Waals surface area contributed by atoms with Crippen LogP contribution in [0.5, 0.6) is 0 Å². The molecule has 0 radical (unpaired) electrons. The summed E-state index contributed by atoms with van der Waals surface area (Å²) in [6.45, 7) is 12.6. The van der Waals surface area contributed by atoms with Crippen LogP contribution in [0.3, 0.4) is 0 Å². The molecule has 1 aliphatic rings. The van der Waals surface area contributed by atoms with Crippen LogP contribution in [-0.2, 0) is 23.1 Å². The molecule has 1 aromatic heterocycles. The number of carbonyl (C=O) groups is 1. The first kappa shape index (κ1) is 18.7. The Morgan fingerprint density at radius 1 is 1.46 bits per heavy atom. The van der Waals surface area contributed by atoms with Crippen molar-refractivity contribution < 1.29 is 14.3 Å². The van der Waals surface area contributed by atoms with Crippen molar-refractivity contribution in [2.75, 3.05) is 6.54 Å². The third kappa shape index (κ3) is 4.27. The molecule has 1 aliphatic heterocycles. The van der Waals surface area contributed by atoms with Gasteiger partial charge >= 0.3 is 6.09 Å². The first-order chi connectivity index (χ1) is 11.0. The number of amides is 1. The van der Waals surface area contributed by atoms with Gasteiger partial charge < -0.3 is 19.4 Å². The van der Waals surface area contributed by atoms with E-state index in [2.05, 4.69) is 10.3 Å². The molecule has 2 heterocycles. The van der Waals surface area contributed by atoms with Crippen molar-refractivity contribution in [2.45, 2.75) is 71.6 Å². The number of aryl methyl sites for hydroxylation is 1. The van der Waals surface area contributed by atoms with Gasteiger partial charge in [-0.15, -0.1) is 0 Å². The summed E-state index contributed by atoms with van der Waals surface area (Å²) in [6.07, 6.45) is 3.25. The van der Waals surface area contributed by atoms with E-state index in [4.69, 9.17) is 9.47 Å². The van der Waals surface area contributed by atoms with Crippen LogP contribution in [0.25, 0.3) is 0 Å². The molecule has 0 spiro atoms. The summed E-state index contributed by atoms with van der Waals surface area (Å²) in [6, 6.07) is -0.102. The number of imidazole rings is 1. The number of aromatic nitrogens is 2. The molecule has 0 unspecified atom stereocenters. The lowest BCUT2D eigenvalue weighted by Crippen LogP contribution is -2.53. The Morgan fingerprint density at radius 2 is 2.12 bits per heavy atom. The maximum atomic E-state index is 12.7. The molecule has 0 saturated carbocycles. The van der Waals surface area contributed by atoms with Gasteiger partial charge in [-0.25, -0.2) is 9.78 Å². The van der Waals surface area contributed by atoms with E-state index in [1.165, 1.54) is 0 Å². The van der Waals surface area contributed by atoms with Crippen LogP contribution in [0.15, 0.2) is 12.4 Å². The molecule has 7 nitrogen and oxygen atoms in total. The van der Waals surface area contributed by atoms with Crippen molar-refractivity contribution in [3.05, 3.63) is 18.2 Å². The number of rotatable bonds is 4. The van der Waals surface area contributed by atoms with E-state index in [1.54, 1.807) is 11.1 Å². The average Bonchev–Trinajstić information content (AvgIpc) is 2.89. The highest BCUT2D eigenvalue weighted by Gasteiger charge is 2.49. The fraction of sp³-hybridized carbons (Fsp3) is 0.765. The first-order valence-electron chi connectivity index (χ1n) is 8.38. The molecule has 2 rings (SSSR count). The zero-order valence-electron chi connectivity index (χ0n) is 15.8. The average molecular weight is 338 g/mol. The Hall–Kier alpha value is -1.60. The summed E-state index contributed by atoms with van der Waals surface area (Å²) in [5.41, 5.74) is -1.23. The Balaban J connectivity index is 2.04. The van der Waals surface area contributed by atoms with Gasteiger partial charge in [0.1, 0.15) is 17.2 Å². The minimum Gasteiger partial charge on any atom is -0.444 e. The van der Waals surface area contributed by atoms with E-state index in [0.29, 0.717) is 13.1 Å². The molecule has 0 aliphatic carbocycles. The van der Waals surface area contributed by atoms with E-state index in [0.717, 1.165) is 5.82 Å². The zero-order valence-corrected chi connectivity index (χ0v) is 15.8. The molecule has 24 heavy (non-hydrogen) atoms. The quantitative estimate of drug-likeness (QED) is 0.912. The largest absolute Gasteiger partial charge is 0.444 e. The van der Waals surface area contributed by atoms with Crippen LogP contribution >= 0.6 is 0 Å². The van der Waals surface area contributed by atoms with Crippen LogP contribution in [0.2, 0.25) is 0 Å². The highest BCUT2D eigenvalue weighted by molar-refractivity contribution is 5.70. The van der Waals surface area contributed by atoms with Crippen LogP contribution in [-0.4, -0.2) is 50.6 Å². The first-order valence-corrected chi connectivity index (χ1v) is 8.38. The zero-order chi connectivity index (χ0) is 18.1. The normalized spacial score (nSPS) is 23.5. The molecular formula is C17H30N4O3. The second-order valence-electron chi connectivity index (χ2n) is 7.77. The molecule has 1 fully saturated rings. The molecule has 1 saturated heterocycles. The maximum absolute atomic E-state index is 12.7. The summed E-state index contributed by atoms with van der Waals surface area (Å²) in [5.74, 6) is 0.949. The predicted molar refractivity (Wildman–Crippen MR) is 91.4 cm³/mol. The fourth-order valence-corrected chi connectivity index (χ4v) is 3.02. The van der Waals surface area contributed by atoms with Crippen molar-refractivity contribution in [3.63, 3.8) is 0 Å². The van der Waals surface area contributed by atoms with Gasteiger partial charge in [0, 0.05) is 26.0 Å². The summed E-state index contributed by atoms with van der Waals surface area (Å²) in [4.78, 5) is 18.7. The minimum absolute atomic E-state index is 0.0820. The summed E-state index contributed by atoms with van der Waals surface area (Å²) in [5, 5.41) is 3.37. The van der Waals surface area contributed by atoms with E-state index in [9.17, 15) is 4.79 Å². The lowest BCUT2D eigenvalue weighted by molar-refractivity contribution is -0.0756. The molecule has 0 bridgehead atoms. The third-order valence-electron chi connectivity index (χ3n) is 4.08. The van der Waals surface area contributed by atoms with Gasteiger partial charge in [-0.2, -0.15) is 0 Å². The van der Waals surface area contributed by atoms with Crippen molar-refractivity contribution in [3.8, 4) is 0 Å². The van der Waals surface area contributed by atoms with Gasteiger partial charge in [0.25, 0.3) is 0 Å². The van der Waals surface area contributed by atoms with E-state index in [-0.39, 0.29) is 18.2 Å². The van der Waals surface area contributed by atoms with Gasteiger partial charge in [0.2, 0.25) is 0 Å². The van der Waals surface area contributed by atoms with E-state index < -0.39 is 11.3 Å². The number of carbonyl (C=O) groups excluding carboxylic acids is 1. The van der Waals surface area contributed by atoms with Crippen LogP contribution in [0.1, 0.15) is 47.4 Å². The standard InChI is InChI=1S/C17H30N4O3/c1-12-13(10-18-11-14-19-8-9-20(14)7)21(17(5,6)23-12)15(22)24-16(2,3)4/h8-9,12-13,18H,10-11H2,1-7H3/t12-,13+/m0/s1. The van der Waals surface area contributed by atoms with Crippen molar-refractivity contribution in [1.29, 1.82) is 0 Å². The van der Waals surface area contributed by atoms with Gasteiger partial charge in [-0.1, -0.05) is 0 Å². The van der Waals surface area contributed by atoms with Crippen LogP contribution < -0.4 is 5.32 Å². The van der Waals surface area contributed by atoms with Gasteiger partial charge in [-0.05, 0) is 41.5 Å². The maximum Gasteiger partial charge on any atom is 0.412 e. The van der Waals surface area contributed by atoms with E-state index in [1.807, 2.05) is 59.4 Å². The van der Waals surface area contributed by atoms with Gasteiger partial charge in [0.15, 0.2) is 0 Å². The number of nitrogens with zero attached hydrogens (tertiary/aromatic N) is 3. The molecule has 1 amide bonds. The predicted octanol–water partition coefficient (Wildman–Crippen LogP) is 2.27. The molecule has 2 atom stereocenters. The Bertz CT molecular complexity index is 577. The van der Waals surface area contributed by atoms with E-state index >= 15 is 0 Å². The second kappa shape index (κ2) is 6.72. The van der Waals surface area contributed by atoms with Gasteiger partial charge in [0.05, 0.1) is 18.7 Å². The molecular weight excluding hydrogens is 308 g/mol. The Kier molecular flexibility index (Phi) is 5.25. The SMILES string of the molecule is C[C@@H]1OC(C)(C)N(C(=O)OC(C)(C)C)[C@@H]1CNCc1nccn1C.